The fourth-order valence-corrected chi connectivity index (χ4v) is 1.54. The molecule has 0 N–H and O–H groups in total. The molecule has 0 unspecified atom stereocenters. The zero-order chi connectivity index (χ0) is 10.2. The first-order valence-corrected chi connectivity index (χ1v) is 5.02. The van der Waals surface area contributed by atoms with Crippen LogP contribution in [-0.4, -0.2) is 38.0 Å². The first kappa shape index (κ1) is 12.6. The zero-order valence-electron chi connectivity index (χ0n) is 8.45. The van der Waals surface area contributed by atoms with Gasteiger partial charge in [0.2, 0.25) is 0 Å². The zero-order valence-corrected chi connectivity index (χ0v) is 9.27. The van der Waals surface area contributed by atoms with Crippen LogP contribution in [0.5, 0.6) is 0 Å². The Kier molecular flexibility index (Phi) is 6.87. The summed E-state index contributed by atoms with van der Waals surface area (Å²) in [6.45, 7) is 6.44. The highest BCUT2D eigenvalue weighted by molar-refractivity contribution is 7.64. The number of hydrogen-bond donors (Lipinski definition) is 0. The molecule has 0 aliphatic carbocycles. The lowest BCUT2D eigenvalue weighted by Gasteiger charge is -2.27. The van der Waals surface area contributed by atoms with E-state index < -0.39 is 0 Å². The number of rotatable bonds is 3. The molecule has 13 heavy (non-hydrogen) atoms. The highest BCUT2D eigenvalue weighted by atomic mass is 32.1. The third-order valence-corrected chi connectivity index (χ3v) is 2.25. The fraction of sp³-hybridized carbons (Fsp3) is 0.889. The monoisotopic (exact) mass is 202 g/mol. The van der Waals surface area contributed by atoms with Crippen LogP contribution in [0.25, 0.3) is 0 Å². The molecule has 0 spiro atoms. The van der Waals surface area contributed by atoms with Gasteiger partial charge in [-0.25, -0.2) is 5.26 Å². The SMILES string of the molecule is CCOC[N+]1(C)CCCC1.N#C[S-]. The lowest BCUT2D eigenvalue weighted by Crippen LogP contribution is -2.42. The Morgan fingerprint density at radius 1 is 1.46 bits per heavy atom. The molecule has 3 nitrogen and oxygen atoms in total. The van der Waals surface area contributed by atoms with Crippen molar-refractivity contribution in [2.24, 2.45) is 0 Å². The number of nitriles is 1. The van der Waals surface area contributed by atoms with E-state index in [9.17, 15) is 0 Å². The van der Waals surface area contributed by atoms with Crippen LogP contribution >= 0.6 is 0 Å². The topological polar surface area (TPSA) is 33.0 Å². The van der Waals surface area contributed by atoms with E-state index in [1.807, 2.05) is 0 Å². The summed E-state index contributed by atoms with van der Waals surface area (Å²) in [6, 6.07) is 0. The van der Waals surface area contributed by atoms with Crippen molar-refractivity contribution in [1.29, 1.82) is 5.26 Å². The van der Waals surface area contributed by atoms with Crippen LogP contribution < -0.4 is 0 Å². The molecule has 0 bridgehead atoms. The van der Waals surface area contributed by atoms with Crippen molar-refractivity contribution in [2.75, 3.05) is 33.5 Å². The highest BCUT2D eigenvalue weighted by Crippen LogP contribution is 2.15. The summed E-state index contributed by atoms with van der Waals surface area (Å²) in [7, 11) is 2.28. The van der Waals surface area contributed by atoms with Gasteiger partial charge in [0.25, 0.3) is 0 Å². The first-order valence-electron chi connectivity index (χ1n) is 4.61. The Morgan fingerprint density at radius 3 is 2.31 bits per heavy atom. The van der Waals surface area contributed by atoms with Gasteiger partial charge >= 0.3 is 0 Å². The molecule has 76 valence electrons. The lowest BCUT2D eigenvalue weighted by atomic mass is 10.4. The molecule has 4 heteroatoms. The van der Waals surface area contributed by atoms with Crippen LogP contribution in [0.2, 0.25) is 0 Å². The molecule has 1 saturated heterocycles. The molecule has 0 saturated carbocycles. The summed E-state index contributed by atoms with van der Waals surface area (Å²) in [5.41, 5.74) is 0. The molecule has 1 fully saturated rings. The maximum atomic E-state index is 7.13. The first-order chi connectivity index (χ1) is 6.18. The van der Waals surface area contributed by atoms with Gasteiger partial charge in [0.15, 0.2) is 6.73 Å². The van der Waals surface area contributed by atoms with Gasteiger partial charge in [-0.05, 0) is 6.92 Å². The van der Waals surface area contributed by atoms with Crippen molar-refractivity contribution in [3.05, 3.63) is 0 Å². The number of quaternary nitrogens is 1. The van der Waals surface area contributed by atoms with E-state index in [0.29, 0.717) is 0 Å². The molecule has 0 aromatic heterocycles. The van der Waals surface area contributed by atoms with Crippen LogP contribution in [0, 0.1) is 10.7 Å². The van der Waals surface area contributed by atoms with Crippen molar-refractivity contribution < 1.29 is 9.22 Å². The minimum Gasteiger partial charge on any atom is -0.696 e. The average molecular weight is 202 g/mol. The van der Waals surface area contributed by atoms with Crippen LogP contribution in [0.15, 0.2) is 0 Å². The smallest absolute Gasteiger partial charge is 0.182 e. The second-order valence-corrected chi connectivity index (χ2v) is 3.67. The Labute approximate surface area is 86.3 Å². The molecular weight excluding hydrogens is 184 g/mol. The second kappa shape index (κ2) is 7.07. The van der Waals surface area contributed by atoms with E-state index >= 15 is 0 Å². The maximum Gasteiger partial charge on any atom is 0.182 e. The fourth-order valence-electron chi connectivity index (χ4n) is 1.54. The Morgan fingerprint density at radius 2 is 1.92 bits per heavy atom. The summed E-state index contributed by atoms with van der Waals surface area (Å²) in [4.78, 5) is 0. The lowest BCUT2D eigenvalue weighted by molar-refractivity contribution is -0.916. The molecular formula is C9H18N2OS. The third kappa shape index (κ3) is 5.81. The molecule has 1 aliphatic rings. The van der Waals surface area contributed by atoms with E-state index in [4.69, 9.17) is 10.00 Å². The molecule has 1 heterocycles. The average Bonchev–Trinajstić information content (AvgIpc) is 2.51. The van der Waals surface area contributed by atoms with Gasteiger partial charge < -0.3 is 21.8 Å². The van der Waals surface area contributed by atoms with Crippen LogP contribution in [0.1, 0.15) is 19.8 Å². The van der Waals surface area contributed by atoms with Crippen LogP contribution in [0.4, 0.5) is 0 Å². The van der Waals surface area contributed by atoms with E-state index in [0.717, 1.165) is 17.8 Å². The number of likely N-dealkylation sites (tertiary alicyclic amines) is 1. The van der Waals surface area contributed by atoms with Gasteiger partial charge in [0.1, 0.15) is 0 Å². The Balaban J connectivity index is 0.000000424. The quantitative estimate of drug-likeness (QED) is 0.392. The predicted octanol–water partition coefficient (Wildman–Crippen LogP) is 1.24. The van der Waals surface area contributed by atoms with Gasteiger partial charge in [0.05, 0.1) is 20.1 Å². The number of thiocyanates is 1. The Bertz CT molecular complexity index is 161. The van der Waals surface area contributed by atoms with Crippen molar-refractivity contribution in [3.8, 4) is 5.40 Å². The molecule has 0 aromatic rings. The minimum atomic E-state index is 0.855. The van der Waals surface area contributed by atoms with E-state index in [1.165, 1.54) is 31.3 Å². The molecule has 0 atom stereocenters. The number of nitrogens with zero attached hydrogens (tertiary/aromatic N) is 2. The Hall–Kier alpha value is -0.370. The normalized spacial score (nSPS) is 18.5. The van der Waals surface area contributed by atoms with Crippen molar-refractivity contribution in [1.82, 2.24) is 0 Å². The van der Waals surface area contributed by atoms with Crippen LogP contribution in [-0.2, 0) is 17.4 Å². The third-order valence-electron chi connectivity index (χ3n) is 2.25. The van der Waals surface area contributed by atoms with Gasteiger partial charge in [-0.3, -0.25) is 0 Å². The summed E-state index contributed by atoms with van der Waals surface area (Å²) < 4.78 is 6.53. The summed E-state index contributed by atoms with van der Waals surface area (Å²) in [6.07, 6.45) is 2.76. The standard InChI is InChI=1S/C8H18NO.CHNS/c1-3-10-8-9(2)6-4-5-7-9;2-1-3/h3-8H2,1-2H3;3H/q+1;/p-1. The number of ether oxygens (including phenoxy) is 1. The largest absolute Gasteiger partial charge is 0.696 e. The predicted molar refractivity (Wildman–Crippen MR) is 54.6 cm³/mol. The molecule has 0 amide bonds. The molecule has 1 aliphatic heterocycles. The second-order valence-electron chi connectivity index (χ2n) is 3.49. The van der Waals surface area contributed by atoms with Crippen molar-refractivity contribution >= 4 is 12.6 Å². The minimum absolute atomic E-state index is 0.855. The summed E-state index contributed by atoms with van der Waals surface area (Å²) >= 11 is 3.70. The van der Waals surface area contributed by atoms with Gasteiger partial charge in [-0.15, -0.1) is 0 Å². The number of hydrogen-bond acceptors (Lipinski definition) is 3. The maximum absolute atomic E-state index is 7.13. The summed E-state index contributed by atoms with van der Waals surface area (Å²) in [5, 5.41) is 8.47. The molecule has 0 aromatic carbocycles. The van der Waals surface area contributed by atoms with Crippen molar-refractivity contribution in [3.63, 3.8) is 0 Å². The van der Waals surface area contributed by atoms with Crippen molar-refractivity contribution in [2.45, 2.75) is 19.8 Å². The van der Waals surface area contributed by atoms with Gasteiger partial charge in [0, 0.05) is 19.4 Å². The highest BCUT2D eigenvalue weighted by Gasteiger charge is 2.26. The van der Waals surface area contributed by atoms with Gasteiger partial charge in [-0.2, -0.15) is 0 Å². The van der Waals surface area contributed by atoms with E-state index in [1.54, 1.807) is 0 Å². The van der Waals surface area contributed by atoms with Crippen LogP contribution in [0.3, 0.4) is 0 Å². The van der Waals surface area contributed by atoms with E-state index in [-0.39, 0.29) is 0 Å². The van der Waals surface area contributed by atoms with E-state index in [2.05, 4.69) is 26.6 Å². The van der Waals surface area contributed by atoms with Gasteiger partial charge in [-0.1, -0.05) is 5.40 Å². The molecule has 1 rings (SSSR count). The molecule has 0 radical (unpaired) electrons. The summed E-state index contributed by atoms with van der Waals surface area (Å²) in [5.74, 6) is 0.